The number of esters is 1. The number of aromatic nitrogens is 5. The summed E-state index contributed by atoms with van der Waals surface area (Å²) >= 11 is 6.61. The van der Waals surface area contributed by atoms with Gasteiger partial charge in [0, 0.05) is 126 Å². The van der Waals surface area contributed by atoms with Crippen molar-refractivity contribution in [2.24, 2.45) is 4.99 Å². The summed E-state index contributed by atoms with van der Waals surface area (Å²) in [4.78, 5) is 119. The number of anilines is 3. The number of aryl methyl sites for hydroxylation is 5. The normalized spacial score (nSPS) is 14.5. The fraction of sp³-hybridized carbons (Fsp3) is 0.466. The molecule has 3 fully saturated rings. The van der Waals surface area contributed by atoms with E-state index in [1.165, 1.54) is 12.7 Å². The van der Waals surface area contributed by atoms with Crippen molar-refractivity contribution in [2.75, 3.05) is 100 Å². The molecule has 0 unspecified atom stereocenters. The van der Waals surface area contributed by atoms with Crippen LogP contribution >= 0.6 is 31.9 Å². The molecule has 1 aromatic carbocycles. The number of Topliss-reactive ketones (excluding diaryl/α,β-unsaturated/α-hetero) is 5. The van der Waals surface area contributed by atoms with Crippen molar-refractivity contribution in [3.63, 3.8) is 0 Å². The van der Waals surface area contributed by atoms with Crippen molar-refractivity contribution in [1.29, 1.82) is 0 Å². The summed E-state index contributed by atoms with van der Waals surface area (Å²) in [5, 5.41) is 3.33. The summed E-state index contributed by atoms with van der Waals surface area (Å²) in [5.41, 5.74) is 13.6. The van der Waals surface area contributed by atoms with Gasteiger partial charge in [-0.15, -0.1) is 0 Å². The number of pyridine rings is 5. The highest BCUT2D eigenvalue weighted by molar-refractivity contribution is 9.10. The van der Waals surface area contributed by atoms with Gasteiger partial charge in [0.15, 0.2) is 28.9 Å². The number of rotatable bonds is 15. The highest BCUT2D eigenvalue weighted by atomic mass is 79.9. The summed E-state index contributed by atoms with van der Waals surface area (Å²) in [6, 6.07) is 24.8. The maximum atomic E-state index is 12.2. The SMILES string of the molecule is CCC(=O)c1ccc(Br)c(C)n1.CCC(=O)c1ccc(N2CCN(C(=O)OC(C)(C)C)CC2)c(C)n1.CCC(=O)c1ccc(N2CCN(Cc3ccc4c(c3)CC(=O)C(CC)=N4)CC2)c(C)n1.CCC(=O)c1ccc(N2CCNCC2)c(C)n1.COC(=O)c1ccc(Br)c(C)n1. The first kappa shape index (κ1) is 77.0. The molecular weight excluding hydrogens is 1350 g/mol. The van der Waals surface area contributed by atoms with E-state index in [1.54, 1.807) is 29.2 Å². The van der Waals surface area contributed by atoms with Crippen molar-refractivity contribution in [3.8, 4) is 0 Å². The smallest absolute Gasteiger partial charge is 0.410 e. The minimum Gasteiger partial charge on any atom is -0.464 e. The van der Waals surface area contributed by atoms with E-state index in [1.807, 2.05) is 126 Å². The number of piperazine rings is 3. The molecule has 0 radical (unpaired) electrons. The number of carbonyl (C=O) groups excluding carboxylic acids is 7. The molecule has 10 rings (SSSR count). The van der Waals surface area contributed by atoms with Gasteiger partial charge in [-0.05, 0) is 172 Å². The Morgan fingerprint density at radius 2 is 0.906 bits per heavy atom. The topological polar surface area (TPSA) is 243 Å². The molecule has 514 valence electrons. The Bertz CT molecular complexity index is 3690. The van der Waals surface area contributed by atoms with Crippen LogP contribution in [0, 0.1) is 34.6 Å². The fourth-order valence-electron chi connectivity index (χ4n) is 10.8. The Morgan fingerprint density at radius 1 is 0.510 bits per heavy atom. The van der Waals surface area contributed by atoms with Crippen LogP contribution in [0.3, 0.4) is 0 Å². The number of nitrogens with one attached hydrogen (secondary N) is 1. The highest BCUT2D eigenvalue weighted by Crippen LogP contribution is 2.29. The van der Waals surface area contributed by atoms with Crippen LogP contribution in [0.5, 0.6) is 0 Å². The van der Waals surface area contributed by atoms with Gasteiger partial charge in [0.1, 0.15) is 34.1 Å². The van der Waals surface area contributed by atoms with E-state index in [0.717, 1.165) is 138 Å². The second kappa shape index (κ2) is 36.9. The van der Waals surface area contributed by atoms with E-state index in [9.17, 15) is 33.6 Å². The molecule has 0 atom stereocenters. The summed E-state index contributed by atoms with van der Waals surface area (Å²) < 4.78 is 11.8. The van der Waals surface area contributed by atoms with Crippen LogP contribution in [0.4, 0.5) is 27.5 Å². The predicted octanol–water partition coefficient (Wildman–Crippen LogP) is 13.0. The quantitative estimate of drug-likeness (QED) is 0.0742. The number of methoxy groups -OCH3 is 1. The van der Waals surface area contributed by atoms with Crippen molar-refractivity contribution in [1.82, 2.24) is 40.0 Å². The van der Waals surface area contributed by atoms with E-state index in [0.29, 0.717) is 85.8 Å². The van der Waals surface area contributed by atoms with E-state index in [4.69, 9.17) is 4.74 Å². The van der Waals surface area contributed by atoms with Crippen molar-refractivity contribution in [3.05, 3.63) is 156 Å². The van der Waals surface area contributed by atoms with Crippen molar-refractivity contribution < 1.29 is 43.0 Å². The average molecular weight is 1440 g/mol. The minimum absolute atomic E-state index is 0.0550. The fourth-order valence-corrected chi connectivity index (χ4v) is 11.3. The lowest BCUT2D eigenvalue weighted by molar-refractivity contribution is -0.112. The summed E-state index contributed by atoms with van der Waals surface area (Å²) in [7, 11) is 1.33. The number of aliphatic imine (C=N–C) groups is 1. The lowest BCUT2D eigenvalue weighted by atomic mass is 9.97. The van der Waals surface area contributed by atoms with Gasteiger partial charge >= 0.3 is 12.1 Å². The molecule has 96 heavy (non-hydrogen) atoms. The Kier molecular flexibility index (Phi) is 29.6. The zero-order chi connectivity index (χ0) is 70.4. The van der Waals surface area contributed by atoms with Gasteiger partial charge in [0.25, 0.3) is 0 Å². The van der Waals surface area contributed by atoms with Gasteiger partial charge in [-0.25, -0.2) is 39.5 Å². The van der Waals surface area contributed by atoms with Crippen molar-refractivity contribution >= 4 is 101 Å². The van der Waals surface area contributed by atoms with Gasteiger partial charge in [-0.1, -0.05) is 46.8 Å². The number of ketones is 5. The molecule has 1 N–H and O–H groups in total. The van der Waals surface area contributed by atoms with E-state index >= 15 is 0 Å². The second-order valence-corrected chi connectivity index (χ2v) is 26.2. The molecule has 0 saturated carbocycles. The lowest BCUT2D eigenvalue weighted by Gasteiger charge is -2.37. The summed E-state index contributed by atoms with van der Waals surface area (Å²) in [6.07, 6.45) is 2.85. The van der Waals surface area contributed by atoms with E-state index in [2.05, 4.69) is 110 Å². The molecule has 1 amide bonds. The number of carbonyl (C=O) groups is 7. The van der Waals surface area contributed by atoms with Gasteiger partial charge in [-0.3, -0.25) is 28.9 Å². The molecule has 4 aliphatic heterocycles. The molecule has 5 aromatic heterocycles. The number of ether oxygens (including phenoxy) is 2. The molecule has 0 aliphatic carbocycles. The largest absolute Gasteiger partial charge is 0.464 e. The molecule has 0 spiro atoms. The number of hydrogen-bond acceptors (Lipinski definition) is 20. The predicted molar refractivity (Wildman–Crippen MR) is 385 cm³/mol. The first-order valence-electron chi connectivity index (χ1n) is 33.0. The molecule has 0 bridgehead atoms. The third-order valence-corrected chi connectivity index (χ3v) is 18.0. The second-order valence-electron chi connectivity index (χ2n) is 24.5. The first-order valence-corrected chi connectivity index (χ1v) is 34.6. The number of amides is 1. The molecule has 21 nitrogen and oxygen atoms in total. The minimum atomic E-state index is -0.476. The van der Waals surface area contributed by atoms with E-state index < -0.39 is 11.6 Å². The maximum Gasteiger partial charge on any atom is 0.410 e. The van der Waals surface area contributed by atoms with Crippen LogP contribution in [-0.4, -0.2) is 173 Å². The Balaban J connectivity index is 0.000000200. The number of halogens is 2. The van der Waals surface area contributed by atoms with Gasteiger partial charge < -0.3 is 34.4 Å². The van der Waals surface area contributed by atoms with E-state index in [-0.39, 0.29) is 35.0 Å². The van der Waals surface area contributed by atoms with Gasteiger partial charge in [0.05, 0.1) is 64.0 Å². The summed E-state index contributed by atoms with van der Waals surface area (Å²) in [6.45, 7) is 35.9. The molecule has 23 heteroatoms. The van der Waals surface area contributed by atoms with Crippen LogP contribution in [0.2, 0.25) is 0 Å². The molecule has 4 aliphatic rings. The maximum absolute atomic E-state index is 12.2. The van der Waals surface area contributed by atoms with Crippen LogP contribution in [0.25, 0.3) is 0 Å². The highest BCUT2D eigenvalue weighted by Gasteiger charge is 2.28. The van der Waals surface area contributed by atoms with Crippen LogP contribution in [-0.2, 0) is 27.2 Å². The van der Waals surface area contributed by atoms with Crippen LogP contribution < -0.4 is 20.0 Å². The Hall–Kier alpha value is -7.99. The number of fused-ring (bicyclic) bond motifs is 1. The first-order chi connectivity index (χ1) is 45.7. The molecular formula is C73H94Br2N12O9. The third kappa shape index (κ3) is 22.3. The number of benzene rings is 1. The molecule has 6 aromatic rings. The zero-order valence-electron chi connectivity index (χ0n) is 58.3. The zero-order valence-corrected chi connectivity index (χ0v) is 61.5. The number of hydrogen-bond donors (Lipinski definition) is 1. The van der Waals surface area contributed by atoms with Crippen molar-refractivity contribution in [2.45, 2.75) is 141 Å². The van der Waals surface area contributed by atoms with Crippen LogP contribution in [0.15, 0.2) is 92.8 Å². The Labute approximate surface area is 582 Å². The standard InChI is InChI=1S/C25H30N4O2.C18H27N3O3.C13H19N3O.C9H10BrNO.C8H8BrNO2/c1-4-20-25(31)15-19-14-18(6-7-21(19)27-20)16-28-10-12-29(13-11-28)23-9-8-22(24(30)5-2)26-17(23)3;1-6-16(22)14-7-8-15(13(2)19-14)20-9-11-21(12-10-20)17(23)24-18(3,4)5;1-3-13(17)11-4-5-12(10(2)15-11)16-8-6-14-7-9-16;1-3-9(12)8-5-4-7(10)6(2)11-8;1-5-6(9)3-4-7(10-5)8(11)12-2/h6-9,14H,4-5,10-13,15-16H2,1-3H3;7-8H,6,9-12H2,1-5H3;4-5,14H,3,6-9H2,1-2H3;4-5H,3H2,1-2H3;3-4H,1-2H3. The average Bonchev–Trinajstić information content (AvgIpc) is 0.844. The third-order valence-electron chi connectivity index (χ3n) is 16.3. The van der Waals surface area contributed by atoms with Gasteiger partial charge in [0.2, 0.25) is 0 Å². The monoisotopic (exact) mass is 1440 g/mol. The molecule has 3 saturated heterocycles. The summed E-state index contributed by atoms with van der Waals surface area (Å²) in [5.74, 6) is 0.0785. The molecule has 9 heterocycles. The Morgan fingerprint density at radius 3 is 1.30 bits per heavy atom. The number of nitrogens with zero attached hydrogens (tertiary/aromatic N) is 11. The van der Waals surface area contributed by atoms with Crippen LogP contribution in [0.1, 0.15) is 180 Å². The lowest BCUT2D eigenvalue weighted by Crippen LogP contribution is -2.50. The van der Waals surface area contributed by atoms with Gasteiger partial charge in [-0.2, -0.15) is 0 Å².